The van der Waals surface area contributed by atoms with Gasteiger partial charge < -0.3 is 10.1 Å². The summed E-state index contributed by atoms with van der Waals surface area (Å²) >= 11 is 0. The normalized spacial score (nSPS) is 12.4. The number of benzene rings is 1. The minimum absolute atomic E-state index is 0.104. The molecule has 0 aromatic heterocycles. The Morgan fingerprint density at radius 3 is 2.45 bits per heavy atom. The van der Waals surface area contributed by atoms with E-state index in [1.165, 1.54) is 18.2 Å². The number of hydrogen-bond acceptors (Lipinski definition) is 4. The molecule has 0 spiro atoms. The largest absolute Gasteiger partial charge is 0.453 e. The number of alkyl halides is 3. The lowest BCUT2D eigenvalue weighted by atomic mass is 10.1. The number of halogens is 3. The van der Waals surface area contributed by atoms with Crippen LogP contribution in [0.2, 0.25) is 0 Å². The summed E-state index contributed by atoms with van der Waals surface area (Å²) in [5, 5.41) is 4.66. The van der Waals surface area contributed by atoms with Gasteiger partial charge in [-0.2, -0.15) is 13.2 Å². The number of anilines is 1. The van der Waals surface area contributed by atoms with Crippen molar-refractivity contribution in [2.45, 2.75) is 32.0 Å². The molecule has 0 aliphatic rings. The van der Waals surface area contributed by atoms with Crippen molar-refractivity contribution in [1.82, 2.24) is 5.32 Å². The Bertz CT molecular complexity index is 532. The van der Waals surface area contributed by atoms with E-state index in [1.54, 1.807) is 6.92 Å². The first-order valence-electron chi connectivity index (χ1n) is 6.58. The van der Waals surface area contributed by atoms with Gasteiger partial charge in [0.15, 0.2) is 0 Å². The minimum atomic E-state index is -4.49. The van der Waals surface area contributed by atoms with Gasteiger partial charge in [-0.25, -0.2) is 4.79 Å². The van der Waals surface area contributed by atoms with E-state index < -0.39 is 29.8 Å². The molecule has 1 rings (SSSR count). The standard InChI is InChI=1S/C14H17F3N2O3/c1-3-9(8-12(20)19-13(21)22-2)18-11-7-5-4-6-10(11)14(15,16)17/h4-7,9,18H,3,8H2,1-2H3,(H,19,20,21)/t9-/m0/s1. The monoisotopic (exact) mass is 318 g/mol. The van der Waals surface area contributed by atoms with Gasteiger partial charge >= 0.3 is 12.3 Å². The average molecular weight is 318 g/mol. The highest BCUT2D eigenvalue weighted by Crippen LogP contribution is 2.35. The molecule has 0 fully saturated rings. The highest BCUT2D eigenvalue weighted by Gasteiger charge is 2.33. The van der Waals surface area contributed by atoms with Gasteiger partial charge in [-0.3, -0.25) is 10.1 Å². The molecular weight excluding hydrogens is 301 g/mol. The molecule has 122 valence electrons. The van der Waals surface area contributed by atoms with Crippen molar-refractivity contribution in [2.75, 3.05) is 12.4 Å². The fraction of sp³-hybridized carbons (Fsp3) is 0.429. The third-order valence-electron chi connectivity index (χ3n) is 2.94. The Hall–Kier alpha value is -2.25. The second kappa shape index (κ2) is 7.67. The van der Waals surface area contributed by atoms with E-state index in [1.807, 2.05) is 5.32 Å². The molecule has 0 unspecified atom stereocenters. The Labute approximate surface area is 125 Å². The molecular formula is C14H17F3N2O3. The van der Waals surface area contributed by atoms with E-state index in [-0.39, 0.29) is 12.1 Å². The van der Waals surface area contributed by atoms with Crippen LogP contribution in [-0.4, -0.2) is 25.2 Å². The van der Waals surface area contributed by atoms with E-state index in [9.17, 15) is 22.8 Å². The van der Waals surface area contributed by atoms with Crippen LogP contribution in [0.15, 0.2) is 24.3 Å². The fourth-order valence-electron chi connectivity index (χ4n) is 1.81. The van der Waals surface area contributed by atoms with Crippen LogP contribution >= 0.6 is 0 Å². The zero-order chi connectivity index (χ0) is 16.8. The number of carbonyl (C=O) groups excluding carboxylic acids is 2. The van der Waals surface area contributed by atoms with Crippen molar-refractivity contribution < 1.29 is 27.5 Å². The van der Waals surface area contributed by atoms with Crippen LogP contribution in [0.1, 0.15) is 25.3 Å². The Morgan fingerprint density at radius 1 is 1.27 bits per heavy atom. The van der Waals surface area contributed by atoms with E-state index in [0.29, 0.717) is 6.42 Å². The molecule has 5 nitrogen and oxygen atoms in total. The summed E-state index contributed by atoms with van der Waals surface area (Å²) in [6, 6.07) is 4.47. The zero-order valence-corrected chi connectivity index (χ0v) is 12.2. The number of methoxy groups -OCH3 is 1. The summed E-state index contributed by atoms with van der Waals surface area (Å²) < 4.78 is 43.0. The molecule has 0 aliphatic heterocycles. The molecule has 1 atom stereocenters. The molecule has 0 radical (unpaired) electrons. The number of nitrogens with one attached hydrogen (secondary N) is 2. The van der Waals surface area contributed by atoms with E-state index in [2.05, 4.69) is 10.1 Å². The molecule has 0 saturated heterocycles. The lowest BCUT2D eigenvalue weighted by molar-refractivity contribution is -0.137. The number of rotatable bonds is 5. The summed E-state index contributed by atoms with van der Waals surface area (Å²) in [7, 11) is 1.11. The summed E-state index contributed by atoms with van der Waals surface area (Å²) in [5.41, 5.74) is -0.908. The van der Waals surface area contributed by atoms with E-state index >= 15 is 0 Å². The summed E-state index contributed by atoms with van der Waals surface area (Å²) in [6.07, 6.45) is -5.15. The van der Waals surface area contributed by atoms with Crippen LogP contribution in [0, 0.1) is 0 Å². The molecule has 0 heterocycles. The summed E-state index contributed by atoms with van der Waals surface area (Å²) in [6.45, 7) is 1.72. The van der Waals surface area contributed by atoms with Crippen molar-refractivity contribution in [3.63, 3.8) is 0 Å². The van der Waals surface area contributed by atoms with Crippen molar-refractivity contribution in [3.05, 3.63) is 29.8 Å². The van der Waals surface area contributed by atoms with Gasteiger partial charge in [-0.05, 0) is 18.6 Å². The molecule has 0 bridgehead atoms. The van der Waals surface area contributed by atoms with Gasteiger partial charge in [0.25, 0.3) is 0 Å². The lowest BCUT2D eigenvalue weighted by Gasteiger charge is -2.20. The number of amides is 2. The van der Waals surface area contributed by atoms with Crippen molar-refractivity contribution in [3.8, 4) is 0 Å². The Balaban J connectivity index is 2.79. The van der Waals surface area contributed by atoms with Gasteiger partial charge in [0.05, 0.1) is 12.7 Å². The Kier molecular flexibility index (Phi) is 6.21. The van der Waals surface area contributed by atoms with Crippen LogP contribution in [-0.2, 0) is 15.7 Å². The third-order valence-corrected chi connectivity index (χ3v) is 2.94. The number of imide groups is 1. The van der Waals surface area contributed by atoms with Crippen molar-refractivity contribution in [2.24, 2.45) is 0 Å². The van der Waals surface area contributed by atoms with Gasteiger partial charge in [0.1, 0.15) is 0 Å². The number of ether oxygens (including phenoxy) is 1. The molecule has 22 heavy (non-hydrogen) atoms. The Morgan fingerprint density at radius 2 is 1.91 bits per heavy atom. The zero-order valence-electron chi connectivity index (χ0n) is 12.2. The topological polar surface area (TPSA) is 67.4 Å². The summed E-state index contributed by atoms with van der Waals surface area (Å²) in [4.78, 5) is 22.5. The average Bonchev–Trinajstić information content (AvgIpc) is 2.45. The van der Waals surface area contributed by atoms with E-state index in [4.69, 9.17) is 0 Å². The number of alkyl carbamates (subject to hydrolysis) is 1. The number of para-hydroxylation sites is 1. The van der Waals surface area contributed by atoms with Gasteiger partial charge in [0, 0.05) is 18.2 Å². The number of hydrogen-bond donors (Lipinski definition) is 2. The molecule has 0 saturated carbocycles. The maximum Gasteiger partial charge on any atom is 0.418 e. The second-order valence-electron chi connectivity index (χ2n) is 4.54. The van der Waals surface area contributed by atoms with Crippen LogP contribution in [0.4, 0.5) is 23.7 Å². The predicted molar refractivity (Wildman–Crippen MR) is 74.3 cm³/mol. The summed E-state index contributed by atoms with van der Waals surface area (Å²) in [5.74, 6) is -0.629. The maximum absolute atomic E-state index is 12.9. The lowest BCUT2D eigenvalue weighted by Crippen LogP contribution is -2.35. The predicted octanol–water partition coefficient (Wildman–Crippen LogP) is 3.17. The van der Waals surface area contributed by atoms with Crippen LogP contribution in [0.5, 0.6) is 0 Å². The second-order valence-corrected chi connectivity index (χ2v) is 4.54. The highest BCUT2D eigenvalue weighted by molar-refractivity contribution is 5.92. The maximum atomic E-state index is 12.9. The molecule has 1 aromatic carbocycles. The smallest absolute Gasteiger partial charge is 0.418 e. The molecule has 8 heteroatoms. The highest BCUT2D eigenvalue weighted by atomic mass is 19.4. The molecule has 1 aromatic rings. The minimum Gasteiger partial charge on any atom is -0.453 e. The first-order chi connectivity index (χ1) is 10.3. The van der Waals surface area contributed by atoms with Crippen molar-refractivity contribution >= 4 is 17.7 Å². The van der Waals surface area contributed by atoms with Crippen LogP contribution < -0.4 is 10.6 Å². The molecule has 2 amide bonds. The van der Waals surface area contributed by atoms with E-state index in [0.717, 1.165) is 13.2 Å². The SMILES string of the molecule is CC[C@@H](CC(=O)NC(=O)OC)Nc1ccccc1C(F)(F)F. The van der Waals surface area contributed by atoms with Crippen molar-refractivity contribution in [1.29, 1.82) is 0 Å². The first kappa shape index (κ1) is 17.8. The van der Waals surface area contributed by atoms with Crippen LogP contribution in [0.3, 0.4) is 0 Å². The fourth-order valence-corrected chi connectivity index (χ4v) is 1.81. The van der Waals surface area contributed by atoms with Gasteiger partial charge in [-0.15, -0.1) is 0 Å². The number of carbonyl (C=O) groups is 2. The van der Waals surface area contributed by atoms with Gasteiger partial charge in [0.2, 0.25) is 5.91 Å². The first-order valence-corrected chi connectivity index (χ1v) is 6.58. The molecule has 0 aliphatic carbocycles. The quantitative estimate of drug-likeness (QED) is 0.875. The van der Waals surface area contributed by atoms with Crippen LogP contribution in [0.25, 0.3) is 0 Å². The van der Waals surface area contributed by atoms with Gasteiger partial charge in [-0.1, -0.05) is 19.1 Å². The third kappa shape index (κ3) is 5.27. The molecule has 2 N–H and O–H groups in total.